The highest BCUT2D eigenvalue weighted by atomic mass is 16.6. The number of likely N-dealkylation sites (tertiary alicyclic amines) is 1. The van der Waals surface area contributed by atoms with Crippen molar-refractivity contribution in [3.05, 3.63) is 0 Å². The Labute approximate surface area is 103 Å². The van der Waals surface area contributed by atoms with E-state index >= 15 is 0 Å². The van der Waals surface area contributed by atoms with Crippen LogP contribution in [0.5, 0.6) is 0 Å². The molecule has 2 atom stereocenters. The first-order valence-electron chi connectivity index (χ1n) is 6.10. The third-order valence-corrected chi connectivity index (χ3v) is 3.00. The molecule has 0 radical (unpaired) electrons. The number of hydrogen-bond acceptors (Lipinski definition) is 4. The number of ether oxygens (including phenoxy) is 1. The van der Waals surface area contributed by atoms with Crippen LogP contribution in [0.3, 0.4) is 0 Å². The molecule has 1 aliphatic rings. The molecule has 0 saturated carbocycles. The van der Waals surface area contributed by atoms with E-state index in [0.717, 1.165) is 6.42 Å². The lowest BCUT2D eigenvalue weighted by Gasteiger charge is -2.41. The third-order valence-electron chi connectivity index (χ3n) is 3.00. The summed E-state index contributed by atoms with van der Waals surface area (Å²) in [6, 6.07) is -0.354. The molecule has 0 spiro atoms. The monoisotopic (exact) mass is 244 g/mol. The fraction of sp³-hybridized carbons (Fsp3) is 0.917. The molecule has 1 rings (SSSR count). The van der Waals surface area contributed by atoms with Crippen molar-refractivity contribution in [2.24, 2.45) is 5.73 Å². The van der Waals surface area contributed by atoms with E-state index in [9.17, 15) is 9.90 Å². The molecule has 3 N–H and O–H groups in total. The molecule has 0 bridgehead atoms. The molecule has 5 nitrogen and oxygen atoms in total. The largest absolute Gasteiger partial charge is 0.444 e. The van der Waals surface area contributed by atoms with E-state index < -0.39 is 11.2 Å². The van der Waals surface area contributed by atoms with E-state index in [1.807, 2.05) is 20.8 Å². The zero-order chi connectivity index (χ0) is 13.3. The zero-order valence-electron chi connectivity index (χ0n) is 11.2. The summed E-state index contributed by atoms with van der Waals surface area (Å²) in [5.41, 5.74) is 4.26. The summed E-state index contributed by atoms with van der Waals surface area (Å²) in [5, 5.41) is 10.3. The van der Waals surface area contributed by atoms with Crippen molar-refractivity contribution < 1.29 is 14.6 Å². The number of amides is 1. The van der Waals surface area contributed by atoms with Gasteiger partial charge in [0.2, 0.25) is 0 Å². The average Bonchev–Trinajstić information content (AvgIpc) is 2.15. The minimum absolute atomic E-state index is 0.250. The second kappa shape index (κ2) is 4.82. The number of carbonyl (C=O) groups excluding carboxylic acids is 1. The van der Waals surface area contributed by atoms with Gasteiger partial charge in [-0.1, -0.05) is 0 Å². The summed E-state index contributed by atoms with van der Waals surface area (Å²) in [4.78, 5) is 13.4. The zero-order valence-corrected chi connectivity index (χ0v) is 11.2. The number of aliphatic hydroxyl groups is 1. The van der Waals surface area contributed by atoms with Crippen molar-refractivity contribution in [2.75, 3.05) is 13.1 Å². The van der Waals surface area contributed by atoms with E-state index in [2.05, 4.69) is 0 Å². The van der Waals surface area contributed by atoms with Gasteiger partial charge in [-0.25, -0.2) is 4.79 Å². The smallest absolute Gasteiger partial charge is 0.410 e. The summed E-state index contributed by atoms with van der Waals surface area (Å²) in [6.07, 6.45) is 0.998. The maximum Gasteiger partial charge on any atom is 0.410 e. The molecule has 0 aromatic rings. The average molecular weight is 244 g/mol. The lowest BCUT2D eigenvalue weighted by molar-refractivity contribution is -0.0535. The second-order valence-corrected chi connectivity index (χ2v) is 5.90. The Hall–Kier alpha value is -0.810. The minimum atomic E-state index is -0.991. The van der Waals surface area contributed by atoms with Crippen LogP contribution in [0.15, 0.2) is 0 Å². The van der Waals surface area contributed by atoms with E-state index in [-0.39, 0.29) is 18.7 Å². The van der Waals surface area contributed by atoms with E-state index in [4.69, 9.17) is 10.5 Å². The van der Waals surface area contributed by atoms with Crippen LogP contribution in [-0.4, -0.2) is 46.4 Å². The minimum Gasteiger partial charge on any atom is -0.444 e. The van der Waals surface area contributed by atoms with Gasteiger partial charge in [0, 0.05) is 12.6 Å². The lowest BCUT2D eigenvalue weighted by atomic mass is 9.87. The van der Waals surface area contributed by atoms with Crippen molar-refractivity contribution in [2.45, 2.75) is 57.8 Å². The van der Waals surface area contributed by atoms with E-state index in [1.54, 1.807) is 6.92 Å². The van der Waals surface area contributed by atoms with Crippen molar-refractivity contribution >= 4 is 6.09 Å². The number of nitrogens with zero attached hydrogens (tertiary/aromatic N) is 1. The van der Waals surface area contributed by atoms with Crippen molar-refractivity contribution in [3.8, 4) is 0 Å². The summed E-state index contributed by atoms with van der Waals surface area (Å²) in [7, 11) is 0. The van der Waals surface area contributed by atoms with E-state index in [0.29, 0.717) is 13.0 Å². The standard InChI is InChI=1S/C12H24N2O3/c1-9(13)12(16)6-5-7-14(8-12)10(15)17-11(2,3)4/h9,16H,5-8,13H2,1-4H3. The fourth-order valence-corrected chi connectivity index (χ4v) is 1.92. The molecular weight excluding hydrogens is 220 g/mol. The van der Waals surface area contributed by atoms with Crippen LogP contribution in [0, 0.1) is 0 Å². The molecule has 100 valence electrons. The number of hydrogen-bond donors (Lipinski definition) is 2. The molecule has 1 aliphatic heterocycles. The normalized spacial score (nSPS) is 27.8. The van der Waals surface area contributed by atoms with Crippen LogP contribution in [-0.2, 0) is 4.74 Å². The van der Waals surface area contributed by atoms with Gasteiger partial charge in [-0.2, -0.15) is 0 Å². The molecule has 1 amide bonds. The molecule has 5 heteroatoms. The van der Waals surface area contributed by atoms with Gasteiger partial charge in [0.25, 0.3) is 0 Å². The number of nitrogens with two attached hydrogens (primary N) is 1. The van der Waals surface area contributed by atoms with Gasteiger partial charge in [0.05, 0.1) is 12.1 Å². The Morgan fingerprint density at radius 2 is 2.12 bits per heavy atom. The first-order chi connectivity index (χ1) is 7.64. The summed E-state index contributed by atoms with van der Waals surface area (Å²) in [6.45, 7) is 8.11. The second-order valence-electron chi connectivity index (χ2n) is 5.90. The van der Waals surface area contributed by atoms with Gasteiger partial charge >= 0.3 is 6.09 Å². The van der Waals surface area contributed by atoms with Crippen LogP contribution >= 0.6 is 0 Å². The van der Waals surface area contributed by atoms with Gasteiger partial charge in [0.1, 0.15) is 5.60 Å². The van der Waals surface area contributed by atoms with E-state index in [1.165, 1.54) is 4.90 Å². The molecule has 17 heavy (non-hydrogen) atoms. The molecule has 0 aliphatic carbocycles. The Kier molecular flexibility index (Phi) is 4.04. The van der Waals surface area contributed by atoms with Crippen LogP contribution in [0.2, 0.25) is 0 Å². The Bertz CT molecular complexity index is 286. The summed E-state index contributed by atoms with van der Waals surface area (Å²) < 4.78 is 5.29. The van der Waals surface area contributed by atoms with Gasteiger partial charge < -0.3 is 20.5 Å². The van der Waals surface area contributed by atoms with Gasteiger partial charge in [-0.15, -0.1) is 0 Å². The predicted octanol–water partition coefficient (Wildman–Crippen LogP) is 1.10. The Morgan fingerprint density at radius 1 is 1.53 bits per heavy atom. The van der Waals surface area contributed by atoms with Crippen LogP contribution in [0.25, 0.3) is 0 Å². The molecule has 0 aromatic heterocycles. The predicted molar refractivity (Wildman–Crippen MR) is 65.6 cm³/mol. The third kappa shape index (κ3) is 3.85. The van der Waals surface area contributed by atoms with Gasteiger partial charge in [0.15, 0.2) is 0 Å². The maximum atomic E-state index is 11.9. The summed E-state index contributed by atoms with van der Waals surface area (Å²) >= 11 is 0. The SMILES string of the molecule is CC(N)C1(O)CCCN(C(=O)OC(C)(C)C)C1. The highest BCUT2D eigenvalue weighted by Gasteiger charge is 2.39. The highest BCUT2D eigenvalue weighted by Crippen LogP contribution is 2.24. The highest BCUT2D eigenvalue weighted by molar-refractivity contribution is 5.68. The van der Waals surface area contributed by atoms with Crippen molar-refractivity contribution in [1.29, 1.82) is 0 Å². The summed E-state index contributed by atoms with van der Waals surface area (Å²) in [5.74, 6) is 0. The topological polar surface area (TPSA) is 75.8 Å². The molecular formula is C12H24N2O3. The Morgan fingerprint density at radius 3 is 2.59 bits per heavy atom. The van der Waals surface area contributed by atoms with Gasteiger partial charge in [-0.05, 0) is 40.5 Å². The van der Waals surface area contributed by atoms with Crippen molar-refractivity contribution in [3.63, 3.8) is 0 Å². The molecule has 0 aromatic carbocycles. The number of β-amino-alcohol motifs (C(OH)–C–C–N with tert-alkyl or cyclic N) is 1. The number of rotatable bonds is 1. The Balaban J connectivity index is 2.64. The van der Waals surface area contributed by atoms with Crippen molar-refractivity contribution in [1.82, 2.24) is 4.90 Å². The number of carbonyl (C=O) groups is 1. The first-order valence-corrected chi connectivity index (χ1v) is 6.10. The van der Waals surface area contributed by atoms with Crippen LogP contribution in [0.1, 0.15) is 40.5 Å². The quantitative estimate of drug-likeness (QED) is 0.724. The number of piperidine rings is 1. The molecule has 2 unspecified atom stereocenters. The molecule has 1 heterocycles. The van der Waals surface area contributed by atoms with Gasteiger partial charge in [-0.3, -0.25) is 0 Å². The fourth-order valence-electron chi connectivity index (χ4n) is 1.92. The molecule has 1 fully saturated rings. The maximum absolute atomic E-state index is 11.9. The van der Waals surface area contributed by atoms with Crippen LogP contribution < -0.4 is 5.73 Å². The first kappa shape index (κ1) is 14.3. The van der Waals surface area contributed by atoms with Crippen LogP contribution in [0.4, 0.5) is 4.79 Å². The molecule has 1 saturated heterocycles. The lowest BCUT2D eigenvalue weighted by Crippen LogP contribution is -2.58.